The molecule has 4 heterocycles. The number of nitrogen functional groups attached to an aromatic ring is 1. The number of carbonyl (C=O) groups is 1. The van der Waals surface area contributed by atoms with E-state index in [1.807, 2.05) is 33.8 Å². The standard InChI is InChI=1S/C27H34N8O3S/c1-16-15-34(25(36)37-26(2,3)4)12-7-13-35(16)19-9-11-30-22(31-19)23-32-24(38-33-23)27(5)10-6-8-18-20(27)17(14-28)21(29)39-18/h9,11,16H,6-8,10,12-13,15,29H2,1-5H3/t16-,27-/m0/s1. The third kappa shape index (κ3) is 5.15. The Labute approximate surface area is 232 Å². The van der Waals surface area contributed by atoms with Crippen LogP contribution in [0.4, 0.5) is 15.6 Å². The van der Waals surface area contributed by atoms with Gasteiger partial charge in [-0.1, -0.05) is 5.16 Å². The number of hydrogen-bond acceptors (Lipinski definition) is 11. The van der Waals surface area contributed by atoms with Crippen molar-refractivity contribution in [3.05, 3.63) is 34.2 Å². The van der Waals surface area contributed by atoms with Gasteiger partial charge in [0.25, 0.3) is 0 Å². The van der Waals surface area contributed by atoms with E-state index in [9.17, 15) is 10.1 Å². The third-order valence-electron chi connectivity index (χ3n) is 7.28. The minimum Gasteiger partial charge on any atom is -0.444 e. The maximum atomic E-state index is 12.7. The van der Waals surface area contributed by atoms with Crippen molar-refractivity contribution in [3.8, 4) is 17.7 Å². The number of aryl methyl sites for hydroxylation is 1. The SMILES string of the molecule is C[C@H]1CN(C(=O)OC(C)(C)C)CCCN1c1ccnc(-c2noc([C@@]3(C)CCCc4sc(N)c(C#N)c43)n2)n1. The number of amides is 1. The Morgan fingerprint density at radius 2 is 2.08 bits per heavy atom. The number of nitriles is 1. The fourth-order valence-electron chi connectivity index (χ4n) is 5.46. The molecular weight excluding hydrogens is 516 g/mol. The first-order valence-corrected chi connectivity index (χ1v) is 14.1. The molecule has 0 saturated carbocycles. The molecule has 206 valence electrons. The van der Waals surface area contributed by atoms with Crippen LogP contribution >= 0.6 is 11.3 Å². The number of ether oxygens (including phenoxy) is 1. The van der Waals surface area contributed by atoms with Crippen LogP contribution < -0.4 is 10.6 Å². The van der Waals surface area contributed by atoms with Crippen LogP contribution in [-0.2, 0) is 16.6 Å². The van der Waals surface area contributed by atoms with Crippen molar-refractivity contribution in [1.29, 1.82) is 5.26 Å². The Balaban J connectivity index is 1.39. The minimum atomic E-state index is -0.611. The molecule has 3 aromatic heterocycles. The number of fused-ring (bicyclic) bond motifs is 1. The van der Waals surface area contributed by atoms with Crippen LogP contribution in [0.5, 0.6) is 0 Å². The average molecular weight is 551 g/mol. The minimum absolute atomic E-state index is 0.0108. The highest BCUT2D eigenvalue weighted by Crippen LogP contribution is 2.48. The summed E-state index contributed by atoms with van der Waals surface area (Å²) in [7, 11) is 0. The summed E-state index contributed by atoms with van der Waals surface area (Å²) in [6.45, 7) is 11.6. The number of anilines is 2. The molecule has 0 unspecified atom stereocenters. The molecular formula is C27H34N8O3S. The smallest absolute Gasteiger partial charge is 0.410 e. The summed E-state index contributed by atoms with van der Waals surface area (Å²) in [5, 5.41) is 14.5. The van der Waals surface area contributed by atoms with Crippen molar-refractivity contribution >= 4 is 28.2 Å². The summed E-state index contributed by atoms with van der Waals surface area (Å²) < 4.78 is 11.4. The zero-order valence-electron chi connectivity index (χ0n) is 23.0. The summed E-state index contributed by atoms with van der Waals surface area (Å²) in [5.74, 6) is 1.80. The first kappa shape index (κ1) is 26.9. The Morgan fingerprint density at radius 1 is 1.28 bits per heavy atom. The lowest BCUT2D eigenvalue weighted by Crippen LogP contribution is -2.43. The van der Waals surface area contributed by atoms with Gasteiger partial charge in [-0.05, 0) is 66.4 Å². The van der Waals surface area contributed by atoms with E-state index in [0.29, 0.717) is 41.2 Å². The lowest BCUT2D eigenvalue weighted by Gasteiger charge is -2.31. The highest BCUT2D eigenvalue weighted by atomic mass is 32.1. The zero-order valence-corrected chi connectivity index (χ0v) is 23.8. The number of hydrogen-bond donors (Lipinski definition) is 1. The topological polar surface area (TPSA) is 147 Å². The second-order valence-electron chi connectivity index (χ2n) is 11.4. The lowest BCUT2D eigenvalue weighted by molar-refractivity contribution is 0.0251. The molecule has 3 aromatic rings. The van der Waals surface area contributed by atoms with Crippen LogP contribution in [0.2, 0.25) is 0 Å². The normalized spacial score (nSPS) is 21.7. The number of nitrogens with zero attached hydrogens (tertiary/aromatic N) is 7. The highest BCUT2D eigenvalue weighted by Gasteiger charge is 2.43. The van der Waals surface area contributed by atoms with Crippen LogP contribution in [0.1, 0.15) is 75.8 Å². The number of thiophene rings is 1. The van der Waals surface area contributed by atoms with E-state index in [2.05, 4.69) is 28.0 Å². The second kappa shape index (κ2) is 10.1. The van der Waals surface area contributed by atoms with Gasteiger partial charge in [-0.15, -0.1) is 11.3 Å². The van der Waals surface area contributed by atoms with E-state index in [1.54, 1.807) is 11.1 Å². The molecule has 0 radical (unpaired) electrons. The van der Waals surface area contributed by atoms with Crippen LogP contribution in [0.25, 0.3) is 11.6 Å². The van der Waals surface area contributed by atoms with E-state index in [0.717, 1.165) is 48.5 Å². The molecule has 1 aliphatic heterocycles. The second-order valence-corrected chi connectivity index (χ2v) is 12.6. The van der Waals surface area contributed by atoms with Gasteiger partial charge in [0, 0.05) is 42.3 Å². The van der Waals surface area contributed by atoms with Crippen molar-refractivity contribution in [2.45, 2.75) is 77.4 Å². The van der Waals surface area contributed by atoms with Gasteiger partial charge in [0.2, 0.25) is 17.5 Å². The summed E-state index contributed by atoms with van der Waals surface area (Å²) in [6.07, 6.45) is 4.75. The fraction of sp³-hybridized carbons (Fsp3) is 0.556. The molecule has 39 heavy (non-hydrogen) atoms. The maximum absolute atomic E-state index is 12.7. The van der Waals surface area contributed by atoms with Gasteiger partial charge in [-0.2, -0.15) is 10.2 Å². The molecule has 1 saturated heterocycles. The van der Waals surface area contributed by atoms with Crippen LogP contribution in [-0.4, -0.2) is 62.4 Å². The molecule has 2 atom stereocenters. The summed E-state index contributed by atoms with van der Waals surface area (Å²) in [5.41, 5.74) is 6.42. The van der Waals surface area contributed by atoms with Crippen molar-refractivity contribution in [2.24, 2.45) is 0 Å². The van der Waals surface area contributed by atoms with Gasteiger partial charge in [-0.3, -0.25) is 0 Å². The van der Waals surface area contributed by atoms with Crippen LogP contribution in [0, 0.1) is 11.3 Å². The molecule has 2 aliphatic rings. The van der Waals surface area contributed by atoms with Crippen molar-refractivity contribution in [3.63, 3.8) is 0 Å². The lowest BCUT2D eigenvalue weighted by atomic mass is 9.72. The fourth-order valence-corrected chi connectivity index (χ4v) is 6.65. The maximum Gasteiger partial charge on any atom is 0.410 e. The van der Waals surface area contributed by atoms with Gasteiger partial charge in [0.1, 0.15) is 22.5 Å². The molecule has 2 N–H and O–H groups in total. The molecule has 5 rings (SSSR count). The van der Waals surface area contributed by atoms with Gasteiger partial charge in [0.05, 0.1) is 11.0 Å². The number of aromatic nitrogens is 4. The van der Waals surface area contributed by atoms with E-state index < -0.39 is 11.0 Å². The zero-order chi connectivity index (χ0) is 27.9. The number of carbonyl (C=O) groups excluding carboxylic acids is 1. The Hall–Kier alpha value is -3.72. The van der Waals surface area contributed by atoms with E-state index in [1.165, 1.54) is 11.3 Å². The molecule has 1 aliphatic carbocycles. The first-order valence-electron chi connectivity index (χ1n) is 13.2. The summed E-state index contributed by atoms with van der Waals surface area (Å²) in [6, 6.07) is 4.14. The molecule has 11 nitrogen and oxygen atoms in total. The predicted molar refractivity (Wildman–Crippen MR) is 147 cm³/mol. The van der Waals surface area contributed by atoms with Gasteiger partial charge < -0.3 is 24.8 Å². The molecule has 12 heteroatoms. The average Bonchev–Trinajstić information content (AvgIpc) is 3.45. The van der Waals surface area contributed by atoms with E-state index in [4.69, 9.17) is 25.0 Å². The monoisotopic (exact) mass is 550 g/mol. The largest absolute Gasteiger partial charge is 0.444 e. The molecule has 0 spiro atoms. The quantitative estimate of drug-likeness (QED) is 0.493. The van der Waals surface area contributed by atoms with Gasteiger partial charge >= 0.3 is 6.09 Å². The number of rotatable bonds is 3. The molecule has 0 bridgehead atoms. The third-order valence-corrected chi connectivity index (χ3v) is 8.36. The van der Waals surface area contributed by atoms with Crippen molar-refractivity contribution in [2.75, 3.05) is 30.3 Å². The van der Waals surface area contributed by atoms with Gasteiger partial charge in [0.15, 0.2) is 0 Å². The van der Waals surface area contributed by atoms with E-state index in [-0.39, 0.29) is 12.1 Å². The highest BCUT2D eigenvalue weighted by molar-refractivity contribution is 7.16. The molecule has 1 amide bonds. The van der Waals surface area contributed by atoms with Crippen molar-refractivity contribution in [1.82, 2.24) is 25.0 Å². The van der Waals surface area contributed by atoms with Crippen molar-refractivity contribution < 1.29 is 14.1 Å². The first-order chi connectivity index (χ1) is 18.5. The van der Waals surface area contributed by atoms with Crippen LogP contribution in [0.3, 0.4) is 0 Å². The Kier molecular flexibility index (Phi) is 6.97. The number of nitrogens with two attached hydrogens (primary N) is 1. The van der Waals surface area contributed by atoms with Gasteiger partial charge in [-0.25, -0.2) is 14.8 Å². The summed E-state index contributed by atoms with van der Waals surface area (Å²) >= 11 is 1.47. The predicted octanol–water partition coefficient (Wildman–Crippen LogP) is 4.52. The molecule has 1 fully saturated rings. The molecule has 0 aromatic carbocycles. The summed E-state index contributed by atoms with van der Waals surface area (Å²) in [4.78, 5) is 31.6. The Morgan fingerprint density at radius 3 is 2.82 bits per heavy atom. The van der Waals surface area contributed by atoms with Crippen LogP contribution in [0.15, 0.2) is 16.8 Å². The van der Waals surface area contributed by atoms with E-state index >= 15 is 0 Å². The Bertz CT molecular complexity index is 1420.